The highest BCUT2D eigenvalue weighted by Crippen LogP contribution is 2.32. The Labute approximate surface area is 180 Å². The van der Waals surface area contributed by atoms with Gasteiger partial charge in [0.1, 0.15) is 10.9 Å². The van der Waals surface area contributed by atoms with Crippen molar-refractivity contribution in [3.8, 4) is 5.75 Å². The lowest BCUT2D eigenvalue weighted by Gasteiger charge is -2.23. The summed E-state index contributed by atoms with van der Waals surface area (Å²) >= 11 is 12.4. The number of pyridine rings is 1. The van der Waals surface area contributed by atoms with Crippen molar-refractivity contribution in [2.24, 2.45) is 5.92 Å². The molecule has 1 fully saturated rings. The lowest BCUT2D eigenvalue weighted by atomic mass is 10.1. The van der Waals surface area contributed by atoms with Crippen LogP contribution in [0.25, 0.3) is 10.9 Å². The lowest BCUT2D eigenvalue weighted by Crippen LogP contribution is -2.33. The maximum absolute atomic E-state index is 12.9. The quantitative estimate of drug-likeness (QED) is 0.464. The van der Waals surface area contributed by atoms with E-state index in [4.69, 9.17) is 27.9 Å². The first-order valence-corrected chi connectivity index (χ1v) is 10.5. The van der Waals surface area contributed by atoms with Gasteiger partial charge in [-0.1, -0.05) is 35.3 Å². The predicted octanol–water partition coefficient (Wildman–Crippen LogP) is 5.53. The molecule has 1 heterocycles. The highest BCUT2D eigenvalue weighted by Gasteiger charge is 2.33. The van der Waals surface area contributed by atoms with Crippen molar-refractivity contribution in [2.45, 2.75) is 25.8 Å². The molecule has 0 spiro atoms. The predicted molar refractivity (Wildman–Crippen MR) is 117 cm³/mol. The van der Waals surface area contributed by atoms with Crippen LogP contribution >= 0.6 is 23.2 Å². The molecule has 0 saturated heterocycles. The number of benzene rings is 2. The molecule has 1 aliphatic rings. The highest BCUT2D eigenvalue weighted by molar-refractivity contribution is 6.30. The van der Waals surface area contributed by atoms with Crippen molar-refractivity contribution < 1.29 is 9.53 Å². The molecule has 2 aromatic carbocycles. The van der Waals surface area contributed by atoms with E-state index in [1.54, 1.807) is 7.11 Å². The van der Waals surface area contributed by atoms with Crippen LogP contribution in [0.3, 0.4) is 0 Å². The van der Waals surface area contributed by atoms with Crippen LogP contribution in [0.15, 0.2) is 48.5 Å². The van der Waals surface area contributed by atoms with E-state index in [0.717, 1.165) is 47.0 Å². The molecule has 0 N–H and O–H groups in total. The van der Waals surface area contributed by atoms with E-state index in [1.807, 2.05) is 53.4 Å². The standard InChI is InChI=1S/C23H22Cl2N2O2/c1-29-20-8-9-21-17(13-20)12-18(22(25)26-21)14-27(23(28)16-4-5-16)11-10-15-2-6-19(24)7-3-15/h2-3,6-9,12-13,16H,4-5,10-11,14H2,1H3. The number of rotatable bonds is 7. The van der Waals surface area contributed by atoms with Crippen molar-refractivity contribution in [1.29, 1.82) is 0 Å². The minimum absolute atomic E-state index is 0.146. The van der Waals surface area contributed by atoms with Gasteiger partial charge in [-0.05, 0) is 61.2 Å². The van der Waals surface area contributed by atoms with Crippen LogP contribution in [0.4, 0.5) is 0 Å². The molecular formula is C23H22Cl2N2O2. The summed E-state index contributed by atoms with van der Waals surface area (Å²) in [4.78, 5) is 19.3. The average molecular weight is 429 g/mol. The molecule has 29 heavy (non-hydrogen) atoms. The number of nitrogens with zero attached hydrogens (tertiary/aromatic N) is 2. The van der Waals surface area contributed by atoms with Gasteiger partial charge in [0.2, 0.25) is 5.91 Å². The minimum Gasteiger partial charge on any atom is -0.497 e. The third-order valence-electron chi connectivity index (χ3n) is 5.23. The van der Waals surface area contributed by atoms with Gasteiger partial charge in [0, 0.05) is 35.0 Å². The van der Waals surface area contributed by atoms with Gasteiger partial charge in [-0.25, -0.2) is 4.98 Å². The van der Waals surface area contributed by atoms with Crippen molar-refractivity contribution in [3.05, 3.63) is 69.8 Å². The molecule has 4 rings (SSSR count). The zero-order valence-electron chi connectivity index (χ0n) is 16.2. The Balaban J connectivity index is 1.57. The Bertz CT molecular complexity index is 1030. The number of hydrogen-bond acceptors (Lipinski definition) is 3. The number of hydrogen-bond donors (Lipinski definition) is 0. The number of ether oxygens (including phenoxy) is 1. The van der Waals surface area contributed by atoms with Gasteiger partial charge in [-0.2, -0.15) is 0 Å². The summed E-state index contributed by atoms with van der Waals surface area (Å²) in [6, 6.07) is 15.4. The van der Waals surface area contributed by atoms with Crippen molar-refractivity contribution >= 4 is 40.0 Å². The number of halogens is 2. The molecule has 1 saturated carbocycles. The van der Waals surface area contributed by atoms with E-state index in [-0.39, 0.29) is 11.8 Å². The molecule has 0 bridgehead atoms. The van der Waals surface area contributed by atoms with Gasteiger partial charge in [0.15, 0.2) is 0 Å². The van der Waals surface area contributed by atoms with Crippen LogP contribution in [0.2, 0.25) is 10.2 Å². The minimum atomic E-state index is 0.146. The molecule has 3 aromatic rings. The van der Waals surface area contributed by atoms with Gasteiger partial charge in [0.05, 0.1) is 12.6 Å². The summed E-state index contributed by atoms with van der Waals surface area (Å²) in [5, 5.41) is 2.09. The van der Waals surface area contributed by atoms with E-state index in [1.165, 1.54) is 0 Å². The fraction of sp³-hybridized carbons (Fsp3) is 0.304. The van der Waals surface area contributed by atoms with Gasteiger partial charge in [-0.15, -0.1) is 0 Å². The number of fused-ring (bicyclic) bond motifs is 1. The summed E-state index contributed by atoms with van der Waals surface area (Å²) in [5.41, 5.74) is 2.80. The number of methoxy groups -OCH3 is 1. The number of amides is 1. The maximum Gasteiger partial charge on any atom is 0.225 e. The van der Waals surface area contributed by atoms with E-state index in [9.17, 15) is 4.79 Å². The Kier molecular flexibility index (Phi) is 5.93. The van der Waals surface area contributed by atoms with Crippen LogP contribution in [0, 0.1) is 5.92 Å². The fourth-order valence-electron chi connectivity index (χ4n) is 3.39. The topological polar surface area (TPSA) is 42.4 Å². The Morgan fingerprint density at radius 2 is 1.90 bits per heavy atom. The summed E-state index contributed by atoms with van der Waals surface area (Å²) in [5.74, 6) is 1.11. The second kappa shape index (κ2) is 8.60. The summed E-state index contributed by atoms with van der Waals surface area (Å²) < 4.78 is 5.31. The van der Waals surface area contributed by atoms with Crippen molar-refractivity contribution in [2.75, 3.05) is 13.7 Å². The zero-order chi connectivity index (χ0) is 20.4. The van der Waals surface area contributed by atoms with Crippen LogP contribution in [0.1, 0.15) is 24.0 Å². The third kappa shape index (κ3) is 4.82. The SMILES string of the molecule is COc1ccc2nc(Cl)c(CN(CCc3ccc(Cl)cc3)C(=O)C3CC3)cc2c1. The van der Waals surface area contributed by atoms with Crippen LogP contribution < -0.4 is 4.74 Å². The molecule has 1 aromatic heterocycles. The molecule has 0 unspecified atom stereocenters. The van der Waals surface area contributed by atoms with E-state index in [2.05, 4.69) is 4.98 Å². The van der Waals surface area contributed by atoms with Crippen LogP contribution in [0.5, 0.6) is 5.75 Å². The molecule has 0 atom stereocenters. The van der Waals surface area contributed by atoms with E-state index < -0.39 is 0 Å². The fourth-order valence-corrected chi connectivity index (χ4v) is 3.72. The van der Waals surface area contributed by atoms with Crippen LogP contribution in [-0.4, -0.2) is 29.4 Å². The first kappa shape index (κ1) is 20.0. The molecule has 4 nitrogen and oxygen atoms in total. The van der Waals surface area contributed by atoms with Crippen molar-refractivity contribution in [3.63, 3.8) is 0 Å². The molecular weight excluding hydrogens is 407 g/mol. The van der Waals surface area contributed by atoms with Gasteiger partial charge >= 0.3 is 0 Å². The van der Waals surface area contributed by atoms with Gasteiger partial charge in [-0.3, -0.25) is 4.79 Å². The second-order valence-electron chi connectivity index (χ2n) is 7.41. The average Bonchev–Trinajstić information content (AvgIpc) is 3.57. The Morgan fingerprint density at radius 3 is 2.59 bits per heavy atom. The number of carbonyl (C=O) groups excluding carboxylic acids is 1. The molecule has 0 aliphatic heterocycles. The maximum atomic E-state index is 12.9. The van der Waals surface area contributed by atoms with E-state index in [0.29, 0.717) is 23.3 Å². The van der Waals surface area contributed by atoms with Crippen LogP contribution in [-0.2, 0) is 17.8 Å². The summed E-state index contributed by atoms with van der Waals surface area (Å²) in [6.45, 7) is 1.07. The second-order valence-corrected chi connectivity index (χ2v) is 8.20. The smallest absolute Gasteiger partial charge is 0.225 e. The normalized spacial score (nSPS) is 13.5. The first-order chi connectivity index (χ1) is 14.0. The first-order valence-electron chi connectivity index (χ1n) is 9.70. The third-order valence-corrected chi connectivity index (χ3v) is 5.81. The highest BCUT2D eigenvalue weighted by atomic mass is 35.5. The van der Waals surface area contributed by atoms with Gasteiger partial charge < -0.3 is 9.64 Å². The Morgan fingerprint density at radius 1 is 1.14 bits per heavy atom. The molecule has 150 valence electrons. The molecule has 0 radical (unpaired) electrons. The molecule has 1 aliphatic carbocycles. The lowest BCUT2D eigenvalue weighted by molar-refractivity contribution is -0.133. The van der Waals surface area contributed by atoms with E-state index >= 15 is 0 Å². The summed E-state index contributed by atoms with van der Waals surface area (Å²) in [7, 11) is 1.64. The number of carbonyl (C=O) groups is 1. The monoisotopic (exact) mass is 428 g/mol. The van der Waals surface area contributed by atoms with Gasteiger partial charge in [0.25, 0.3) is 0 Å². The Hall–Kier alpha value is -2.30. The number of aromatic nitrogens is 1. The summed E-state index contributed by atoms with van der Waals surface area (Å²) in [6.07, 6.45) is 2.70. The molecule has 1 amide bonds. The molecule has 6 heteroatoms. The van der Waals surface area contributed by atoms with Crippen molar-refractivity contribution in [1.82, 2.24) is 9.88 Å². The largest absolute Gasteiger partial charge is 0.497 e. The zero-order valence-corrected chi connectivity index (χ0v) is 17.7.